The van der Waals surface area contributed by atoms with Crippen LogP contribution < -0.4 is 0 Å². The Hall–Kier alpha value is -1.31. The van der Waals surface area contributed by atoms with Gasteiger partial charge >= 0.3 is 0 Å². The van der Waals surface area contributed by atoms with E-state index in [0.717, 1.165) is 6.42 Å². The van der Waals surface area contributed by atoms with E-state index in [2.05, 4.69) is 48.6 Å². The van der Waals surface area contributed by atoms with Gasteiger partial charge in [-0.3, -0.25) is 0 Å². The zero-order valence-corrected chi connectivity index (χ0v) is 8.99. The van der Waals surface area contributed by atoms with Crippen LogP contribution in [0, 0.1) is 0 Å². The van der Waals surface area contributed by atoms with Gasteiger partial charge in [-0.1, -0.05) is 32.9 Å². The summed E-state index contributed by atoms with van der Waals surface area (Å²) in [6.45, 7) is 6.62. The Bertz CT molecular complexity index is 389. The molecule has 0 saturated heterocycles. The number of aromatic nitrogens is 2. The van der Waals surface area contributed by atoms with Gasteiger partial charge < -0.3 is 4.57 Å². The predicted molar refractivity (Wildman–Crippen MR) is 59.0 cm³/mol. The van der Waals surface area contributed by atoms with Crippen molar-refractivity contribution in [1.82, 2.24) is 9.55 Å². The molecule has 1 aromatic rings. The molecular weight excluding hydrogens is 172 g/mol. The first-order valence-electron chi connectivity index (χ1n) is 4.99. The number of rotatable bonds is 1. The summed E-state index contributed by atoms with van der Waals surface area (Å²) in [5, 5.41) is 0. The minimum atomic E-state index is 0.147. The average molecular weight is 188 g/mol. The van der Waals surface area contributed by atoms with E-state index in [4.69, 9.17) is 0 Å². The van der Waals surface area contributed by atoms with Crippen LogP contribution in [0.15, 0.2) is 30.8 Å². The molecule has 0 aromatic carbocycles. The first kappa shape index (κ1) is 9.25. The monoisotopic (exact) mass is 188 g/mol. The molecule has 2 nitrogen and oxygen atoms in total. The Morgan fingerprint density at radius 1 is 1.36 bits per heavy atom. The Balaban J connectivity index is 2.44. The Kier molecular flexibility index (Phi) is 2.06. The van der Waals surface area contributed by atoms with Crippen molar-refractivity contribution in [2.45, 2.75) is 32.6 Å². The molecule has 0 N–H and O–H groups in total. The minimum Gasteiger partial charge on any atom is -0.303 e. The summed E-state index contributed by atoms with van der Waals surface area (Å²) in [5.41, 5.74) is 2.65. The number of imidazole rings is 1. The summed E-state index contributed by atoms with van der Waals surface area (Å²) >= 11 is 0. The van der Waals surface area contributed by atoms with Crippen LogP contribution in [0.25, 0.3) is 5.70 Å². The van der Waals surface area contributed by atoms with Crippen molar-refractivity contribution < 1.29 is 0 Å². The lowest BCUT2D eigenvalue weighted by Gasteiger charge is -2.20. The van der Waals surface area contributed by atoms with Crippen molar-refractivity contribution in [3.8, 4) is 0 Å². The lowest BCUT2D eigenvalue weighted by atomic mass is 9.92. The van der Waals surface area contributed by atoms with E-state index in [1.807, 2.05) is 12.5 Å². The molecule has 0 bridgehead atoms. The van der Waals surface area contributed by atoms with Crippen molar-refractivity contribution in [3.05, 3.63) is 36.4 Å². The smallest absolute Gasteiger partial charge is 0.0994 e. The van der Waals surface area contributed by atoms with Crippen LogP contribution in [0.2, 0.25) is 0 Å². The third-order valence-electron chi connectivity index (χ3n) is 2.44. The van der Waals surface area contributed by atoms with Crippen molar-refractivity contribution in [2.75, 3.05) is 0 Å². The van der Waals surface area contributed by atoms with Gasteiger partial charge in [-0.25, -0.2) is 4.98 Å². The molecule has 14 heavy (non-hydrogen) atoms. The fourth-order valence-electron chi connectivity index (χ4n) is 1.68. The molecule has 2 rings (SSSR count). The molecule has 0 radical (unpaired) electrons. The minimum absolute atomic E-state index is 0.147. The molecule has 1 heterocycles. The Morgan fingerprint density at radius 2 is 2.14 bits per heavy atom. The van der Waals surface area contributed by atoms with Crippen LogP contribution in [-0.4, -0.2) is 9.55 Å². The van der Waals surface area contributed by atoms with Gasteiger partial charge in [-0.05, 0) is 12.5 Å². The molecule has 0 fully saturated rings. The first-order valence-corrected chi connectivity index (χ1v) is 4.99. The lowest BCUT2D eigenvalue weighted by Crippen LogP contribution is -2.16. The molecule has 1 aliphatic carbocycles. The number of allylic oxidation sites excluding steroid dienone is 4. The topological polar surface area (TPSA) is 17.8 Å². The quantitative estimate of drug-likeness (QED) is 0.662. The van der Waals surface area contributed by atoms with Crippen LogP contribution in [0.5, 0.6) is 0 Å². The van der Waals surface area contributed by atoms with E-state index < -0.39 is 0 Å². The van der Waals surface area contributed by atoms with Crippen LogP contribution in [0.1, 0.15) is 32.9 Å². The van der Waals surface area contributed by atoms with E-state index in [-0.39, 0.29) is 5.41 Å². The highest BCUT2D eigenvalue weighted by molar-refractivity contribution is 5.61. The van der Waals surface area contributed by atoms with E-state index in [1.54, 1.807) is 0 Å². The van der Waals surface area contributed by atoms with E-state index >= 15 is 0 Å². The van der Waals surface area contributed by atoms with Crippen LogP contribution in [0.4, 0.5) is 0 Å². The third-order valence-corrected chi connectivity index (χ3v) is 2.44. The Labute approximate surface area is 85.0 Å². The molecule has 0 saturated carbocycles. The molecule has 1 aliphatic rings. The summed E-state index contributed by atoms with van der Waals surface area (Å²) in [6.07, 6.45) is 11.4. The van der Waals surface area contributed by atoms with Gasteiger partial charge in [0.1, 0.15) is 0 Å². The van der Waals surface area contributed by atoms with Gasteiger partial charge in [0.05, 0.1) is 6.33 Å². The molecule has 74 valence electrons. The largest absolute Gasteiger partial charge is 0.303 e. The average Bonchev–Trinajstić information content (AvgIpc) is 2.73. The van der Waals surface area contributed by atoms with Crippen molar-refractivity contribution in [3.63, 3.8) is 0 Å². The van der Waals surface area contributed by atoms with Gasteiger partial charge in [0.15, 0.2) is 0 Å². The van der Waals surface area contributed by atoms with Crippen LogP contribution >= 0.6 is 0 Å². The summed E-state index contributed by atoms with van der Waals surface area (Å²) < 4.78 is 2.17. The van der Waals surface area contributed by atoms with Crippen LogP contribution in [-0.2, 0) is 5.41 Å². The standard InChI is InChI=1S/C12H16N2/c1-12(2,3)11-8-13-9-14(11)10-6-4-5-7-10/h4,6-9H,5H2,1-3H3. The summed E-state index contributed by atoms with van der Waals surface area (Å²) in [5.74, 6) is 0. The maximum Gasteiger partial charge on any atom is 0.0994 e. The van der Waals surface area contributed by atoms with E-state index in [0.29, 0.717) is 0 Å². The highest BCUT2D eigenvalue weighted by Crippen LogP contribution is 2.26. The highest BCUT2D eigenvalue weighted by Gasteiger charge is 2.19. The molecule has 0 amide bonds. The van der Waals surface area contributed by atoms with Gasteiger partial charge in [0.25, 0.3) is 0 Å². The number of hydrogen-bond donors (Lipinski definition) is 0. The van der Waals surface area contributed by atoms with Gasteiger partial charge in [-0.15, -0.1) is 0 Å². The molecular formula is C12H16N2. The van der Waals surface area contributed by atoms with E-state index in [1.165, 1.54) is 11.4 Å². The molecule has 0 atom stereocenters. The molecule has 0 aliphatic heterocycles. The maximum absolute atomic E-state index is 4.22. The Morgan fingerprint density at radius 3 is 2.71 bits per heavy atom. The SMILES string of the molecule is CC(C)(C)c1cncn1C1=CCC=C1. The van der Waals surface area contributed by atoms with E-state index in [9.17, 15) is 0 Å². The summed E-state index contributed by atoms with van der Waals surface area (Å²) in [6, 6.07) is 0. The third kappa shape index (κ3) is 1.52. The van der Waals surface area contributed by atoms with Gasteiger partial charge in [0.2, 0.25) is 0 Å². The lowest BCUT2D eigenvalue weighted by molar-refractivity contribution is 0.559. The van der Waals surface area contributed by atoms with Gasteiger partial charge in [0, 0.05) is 23.0 Å². The van der Waals surface area contributed by atoms with Gasteiger partial charge in [-0.2, -0.15) is 0 Å². The molecule has 0 unspecified atom stereocenters. The molecule has 1 aromatic heterocycles. The number of nitrogens with zero attached hydrogens (tertiary/aromatic N) is 2. The number of hydrogen-bond acceptors (Lipinski definition) is 1. The second-order valence-corrected chi connectivity index (χ2v) is 4.67. The zero-order chi connectivity index (χ0) is 10.2. The second kappa shape index (κ2) is 3.12. The van der Waals surface area contributed by atoms with Crippen molar-refractivity contribution in [2.24, 2.45) is 0 Å². The zero-order valence-electron chi connectivity index (χ0n) is 8.99. The highest BCUT2D eigenvalue weighted by atomic mass is 15.1. The molecule has 0 spiro atoms. The summed E-state index contributed by atoms with van der Waals surface area (Å²) in [4.78, 5) is 4.22. The normalized spacial score (nSPS) is 16.1. The summed E-state index contributed by atoms with van der Waals surface area (Å²) in [7, 11) is 0. The first-order chi connectivity index (χ1) is 6.59. The second-order valence-electron chi connectivity index (χ2n) is 4.67. The van der Waals surface area contributed by atoms with Crippen LogP contribution in [0.3, 0.4) is 0 Å². The maximum atomic E-state index is 4.22. The fourth-order valence-corrected chi connectivity index (χ4v) is 1.68. The fraction of sp³-hybridized carbons (Fsp3) is 0.417. The predicted octanol–water partition coefficient (Wildman–Crippen LogP) is 2.98. The molecule has 2 heteroatoms. The van der Waals surface area contributed by atoms with Crippen molar-refractivity contribution in [1.29, 1.82) is 0 Å². The van der Waals surface area contributed by atoms with Crippen molar-refractivity contribution >= 4 is 5.70 Å².